The number of nitrogen functional groups attached to an aromatic ring is 1. The lowest BCUT2D eigenvalue weighted by Crippen LogP contribution is -2.07. The van der Waals surface area contributed by atoms with Gasteiger partial charge in [-0.25, -0.2) is 8.78 Å². The topological polar surface area (TPSA) is 38.0 Å². The lowest BCUT2D eigenvalue weighted by molar-refractivity contribution is -0.137. The van der Waals surface area contributed by atoms with E-state index < -0.39 is 29.1 Å². The van der Waals surface area contributed by atoms with Crippen LogP contribution in [0.15, 0.2) is 30.3 Å². The fraction of sp³-hybridized carbons (Fsp3) is 0.143. The van der Waals surface area contributed by atoms with Crippen LogP contribution < -0.4 is 11.1 Å². The zero-order valence-electron chi connectivity index (χ0n) is 10.9. The monoisotopic (exact) mass is 302 g/mol. The van der Waals surface area contributed by atoms with Crippen LogP contribution in [0.5, 0.6) is 0 Å². The van der Waals surface area contributed by atoms with Crippen LogP contribution in [0.4, 0.5) is 39.0 Å². The van der Waals surface area contributed by atoms with Crippen LogP contribution in [-0.4, -0.2) is 0 Å². The van der Waals surface area contributed by atoms with Crippen molar-refractivity contribution in [1.29, 1.82) is 0 Å². The molecule has 0 aromatic heterocycles. The van der Waals surface area contributed by atoms with Gasteiger partial charge in [-0.2, -0.15) is 13.2 Å². The fourth-order valence-electron chi connectivity index (χ4n) is 1.76. The molecular weight excluding hydrogens is 291 g/mol. The van der Waals surface area contributed by atoms with Gasteiger partial charge >= 0.3 is 6.18 Å². The van der Waals surface area contributed by atoms with Gasteiger partial charge in [-0.3, -0.25) is 0 Å². The maximum Gasteiger partial charge on any atom is 0.416 e. The molecule has 0 heterocycles. The van der Waals surface area contributed by atoms with E-state index >= 15 is 0 Å². The molecule has 112 valence electrons. The van der Waals surface area contributed by atoms with Crippen LogP contribution in [0.1, 0.15) is 11.1 Å². The lowest BCUT2D eigenvalue weighted by Gasteiger charge is -2.15. The van der Waals surface area contributed by atoms with Gasteiger partial charge in [0.05, 0.1) is 11.3 Å². The lowest BCUT2D eigenvalue weighted by atomic mass is 10.1. The second-order valence-corrected chi connectivity index (χ2v) is 4.48. The summed E-state index contributed by atoms with van der Waals surface area (Å²) in [5.41, 5.74) is 4.56. The second kappa shape index (κ2) is 5.23. The number of alkyl halides is 3. The molecule has 3 N–H and O–H groups in total. The van der Waals surface area contributed by atoms with Crippen LogP contribution in [0.2, 0.25) is 0 Å². The van der Waals surface area contributed by atoms with Crippen molar-refractivity contribution in [3.05, 3.63) is 53.1 Å². The maximum absolute atomic E-state index is 13.7. The van der Waals surface area contributed by atoms with Crippen molar-refractivity contribution in [2.75, 3.05) is 11.1 Å². The molecule has 0 saturated heterocycles. The number of anilines is 3. The van der Waals surface area contributed by atoms with Crippen molar-refractivity contribution in [3.63, 3.8) is 0 Å². The largest absolute Gasteiger partial charge is 0.416 e. The van der Waals surface area contributed by atoms with Crippen molar-refractivity contribution >= 4 is 17.1 Å². The first-order valence-electron chi connectivity index (χ1n) is 5.88. The third-order valence-electron chi connectivity index (χ3n) is 2.95. The molecule has 2 rings (SSSR count). The zero-order valence-corrected chi connectivity index (χ0v) is 10.9. The molecule has 2 nitrogen and oxygen atoms in total. The van der Waals surface area contributed by atoms with Gasteiger partial charge in [0.25, 0.3) is 0 Å². The van der Waals surface area contributed by atoms with Crippen molar-refractivity contribution < 1.29 is 22.0 Å². The minimum absolute atomic E-state index is 0.000949. The molecule has 2 aromatic rings. The molecule has 0 bridgehead atoms. The highest BCUT2D eigenvalue weighted by Crippen LogP contribution is 2.34. The number of nitrogens with one attached hydrogen (secondary N) is 1. The summed E-state index contributed by atoms with van der Waals surface area (Å²) in [6.07, 6.45) is -4.53. The molecule has 21 heavy (non-hydrogen) atoms. The Kier molecular flexibility index (Phi) is 3.76. The smallest absolute Gasteiger partial charge is 0.397 e. The number of rotatable bonds is 2. The number of hydrogen-bond acceptors (Lipinski definition) is 2. The molecule has 0 atom stereocenters. The van der Waals surface area contributed by atoms with Crippen LogP contribution in [0.3, 0.4) is 0 Å². The highest BCUT2D eigenvalue weighted by molar-refractivity contribution is 5.74. The molecule has 0 amide bonds. The van der Waals surface area contributed by atoms with Crippen molar-refractivity contribution in [3.8, 4) is 0 Å². The van der Waals surface area contributed by atoms with Gasteiger partial charge in [-0.15, -0.1) is 0 Å². The number of hydrogen-bond donors (Lipinski definition) is 2. The van der Waals surface area contributed by atoms with Gasteiger partial charge in [0, 0.05) is 5.69 Å². The summed E-state index contributed by atoms with van der Waals surface area (Å²) in [6.45, 7) is 1.54. The average Bonchev–Trinajstić information content (AvgIpc) is 2.40. The van der Waals surface area contributed by atoms with E-state index in [1.165, 1.54) is 13.0 Å². The summed E-state index contributed by atoms with van der Waals surface area (Å²) < 4.78 is 64.9. The van der Waals surface area contributed by atoms with E-state index in [4.69, 9.17) is 5.73 Å². The molecule has 0 radical (unpaired) electrons. The van der Waals surface area contributed by atoms with E-state index in [-0.39, 0.29) is 11.4 Å². The Morgan fingerprint density at radius 1 is 1.05 bits per heavy atom. The summed E-state index contributed by atoms with van der Waals surface area (Å²) in [5, 5.41) is 2.42. The van der Waals surface area contributed by atoms with Crippen LogP contribution in [0, 0.1) is 18.6 Å². The Balaban J connectivity index is 2.47. The molecule has 0 unspecified atom stereocenters. The van der Waals surface area contributed by atoms with Crippen molar-refractivity contribution in [1.82, 2.24) is 0 Å². The normalized spacial score (nSPS) is 11.5. The summed E-state index contributed by atoms with van der Waals surface area (Å²) in [5.74, 6) is -2.39. The summed E-state index contributed by atoms with van der Waals surface area (Å²) in [4.78, 5) is 0. The number of aryl methyl sites for hydroxylation is 1. The van der Waals surface area contributed by atoms with Gasteiger partial charge < -0.3 is 11.1 Å². The highest BCUT2D eigenvalue weighted by Gasteiger charge is 2.31. The first-order valence-corrected chi connectivity index (χ1v) is 5.88. The van der Waals surface area contributed by atoms with E-state index in [2.05, 4.69) is 5.32 Å². The molecular formula is C14H11F5N2. The molecule has 7 heteroatoms. The SMILES string of the molecule is Cc1ccc(C(F)(F)F)cc1Nc1c(N)ccc(F)c1F. The predicted octanol–water partition coefficient (Wildman–Crippen LogP) is 4.62. The van der Waals surface area contributed by atoms with E-state index in [9.17, 15) is 22.0 Å². The third kappa shape index (κ3) is 3.07. The van der Waals surface area contributed by atoms with E-state index in [0.29, 0.717) is 5.56 Å². The number of nitrogens with two attached hydrogens (primary N) is 1. The second-order valence-electron chi connectivity index (χ2n) is 4.48. The van der Waals surface area contributed by atoms with Gasteiger partial charge in [0.1, 0.15) is 5.69 Å². The number of benzene rings is 2. The molecule has 2 aromatic carbocycles. The third-order valence-corrected chi connectivity index (χ3v) is 2.95. The molecule has 0 spiro atoms. The minimum Gasteiger partial charge on any atom is -0.397 e. The Morgan fingerprint density at radius 3 is 2.33 bits per heavy atom. The van der Waals surface area contributed by atoms with Crippen molar-refractivity contribution in [2.45, 2.75) is 13.1 Å². The van der Waals surface area contributed by atoms with Crippen LogP contribution in [-0.2, 0) is 6.18 Å². The summed E-state index contributed by atoms with van der Waals surface area (Å²) in [6, 6.07) is 4.93. The standard InChI is InChI=1S/C14H11F5N2/c1-7-2-3-8(14(17,18)19)6-11(7)21-13-10(20)5-4-9(15)12(13)16/h2-6,21H,20H2,1H3. The van der Waals surface area contributed by atoms with Gasteiger partial charge in [-0.1, -0.05) is 6.07 Å². The predicted molar refractivity (Wildman–Crippen MR) is 70.2 cm³/mol. The molecule has 0 saturated carbocycles. The zero-order chi connectivity index (χ0) is 15.8. The van der Waals surface area contributed by atoms with E-state index in [0.717, 1.165) is 24.3 Å². The first-order chi connectivity index (χ1) is 9.70. The average molecular weight is 302 g/mol. The van der Waals surface area contributed by atoms with Gasteiger partial charge in [-0.05, 0) is 36.8 Å². The fourth-order valence-corrected chi connectivity index (χ4v) is 1.76. The summed E-state index contributed by atoms with van der Waals surface area (Å²) >= 11 is 0. The quantitative estimate of drug-likeness (QED) is 0.627. The van der Waals surface area contributed by atoms with Gasteiger partial charge in [0.15, 0.2) is 11.6 Å². The summed E-state index contributed by atoms with van der Waals surface area (Å²) in [7, 11) is 0. The van der Waals surface area contributed by atoms with Crippen molar-refractivity contribution in [2.24, 2.45) is 0 Å². The number of halogens is 5. The molecule has 0 aliphatic carbocycles. The minimum atomic E-state index is -4.53. The van der Waals surface area contributed by atoms with E-state index in [1.54, 1.807) is 0 Å². The Bertz CT molecular complexity index is 680. The molecule has 0 fully saturated rings. The Labute approximate surface area is 117 Å². The highest BCUT2D eigenvalue weighted by atomic mass is 19.4. The Hall–Kier alpha value is -2.31. The first kappa shape index (κ1) is 15.1. The van der Waals surface area contributed by atoms with E-state index in [1.807, 2.05) is 0 Å². The Morgan fingerprint density at radius 2 is 1.71 bits per heavy atom. The molecule has 0 aliphatic heterocycles. The maximum atomic E-state index is 13.7. The van der Waals surface area contributed by atoms with Crippen LogP contribution >= 0.6 is 0 Å². The van der Waals surface area contributed by atoms with Gasteiger partial charge in [0.2, 0.25) is 0 Å². The molecule has 0 aliphatic rings. The van der Waals surface area contributed by atoms with Crippen LogP contribution in [0.25, 0.3) is 0 Å².